The molecule has 0 aliphatic heterocycles. The molecular formula is C18H22N3O2+. The summed E-state index contributed by atoms with van der Waals surface area (Å²) in [4.78, 5) is 25.7. The fourth-order valence-corrected chi connectivity index (χ4v) is 3.11. The average Bonchev–Trinajstić information content (AvgIpc) is 2.95. The summed E-state index contributed by atoms with van der Waals surface area (Å²) in [5.41, 5.74) is 1.86. The van der Waals surface area contributed by atoms with E-state index in [1.165, 1.54) is 6.42 Å². The largest absolute Gasteiger partial charge is 0.284 e. The normalized spacial score (nSPS) is 13.1. The van der Waals surface area contributed by atoms with Gasteiger partial charge < -0.3 is 0 Å². The molecule has 120 valence electrons. The molecule has 0 N–H and O–H groups in total. The van der Waals surface area contributed by atoms with Gasteiger partial charge in [-0.15, -0.1) is 9.36 Å². The highest BCUT2D eigenvalue weighted by molar-refractivity contribution is 6.26. The van der Waals surface area contributed by atoms with Crippen LogP contribution in [0.15, 0.2) is 24.3 Å². The van der Waals surface area contributed by atoms with Crippen molar-refractivity contribution in [3.05, 3.63) is 46.8 Å². The molecular weight excluding hydrogens is 290 g/mol. The van der Waals surface area contributed by atoms with E-state index in [1.54, 1.807) is 33.6 Å². The number of aryl methyl sites for hydroxylation is 2. The van der Waals surface area contributed by atoms with Gasteiger partial charge in [-0.25, -0.2) is 0 Å². The minimum Gasteiger partial charge on any atom is -0.284 e. The van der Waals surface area contributed by atoms with E-state index in [9.17, 15) is 9.59 Å². The van der Waals surface area contributed by atoms with Crippen molar-refractivity contribution >= 4 is 11.6 Å². The van der Waals surface area contributed by atoms with Gasteiger partial charge in [-0.2, -0.15) is 0 Å². The monoisotopic (exact) mass is 312 g/mol. The summed E-state index contributed by atoms with van der Waals surface area (Å²) in [5, 5.41) is 4.48. The van der Waals surface area contributed by atoms with Gasteiger partial charge >= 0.3 is 0 Å². The summed E-state index contributed by atoms with van der Waals surface area (Å²) < 4.78 is 3.38. The first-order chi connectivity index (χ1) is 11.2. The molecule has 1 heterocycles. The Morgan fingerprint density at radius 1 is 1.00 bits per heavy atom. The number of carbonyl (C=O) groups excluding carboxylic acids is 2. The number of fused-ring (bicyclic) bond motifs is 2. The fraction of sp³-hybridized carbons (Fsp3) is 0.444. The highest BCUT2D eigenvalue weighted by atomic mass is 16.1. The highest BCUT2D eigenvalue weighted by Gasteiger charge is 2.41. The Balaban J connectivity index is 2.02. The summed E-state index contributed by atoms with van der Waals surface area (Å²) in [6.45, 7) is 5.36. The predicted molar refractivity (Wildman–Crippen MR) is 85.5 cm³/mol. The van der Waals surface area contributed by atoms with Crippen LogP contribution in [-0.4, -0.2) is 21.5 Å². The zero-order valence-corrected chi connectivity index (χ0v) is 13.7. The number of hydrogen-bond acceptors (Lipinski definition) is 3. The van der Waals surface area contributed by atoms with Gasteiger partial charge in [0, 0.05) is 11.1 Å². The molecule has 1 aliphatic rings. The van der Waals surface area contributed by atoms with Crippen molar-refractivity contribution < 1.29 is 14.3 Å². The quantitative estimate of drug-likeness (QED) is 0.519. The Hall–Kier alpha value is -2.30. The summed E-state index contributed by atoms with van der Waals surface area (Å²) in [7, 11) is 0. The summed E-state index contributed by atoms with van der Waals surface area (Å²) in [5.74, 6) is -0.192. The number of carbonyl (C=O) groups is 2. The van der Waals surface area contributed by atoms with Crippen molar-refractivity contribution in [3.8, 4) is 0 Å². The third kappa shape index (κ3) is 2.60. The summed E-state index contributed by atoms with van der Waals surface area (Å²) in [6.07, 6.45) is 4.41. The maximum absolute atomic E-state index is 12.9. The van der Waals surface area contributed by atoms with Crippen LogP contribution in [0.3, 0.4) is 0 Å². The van der Waals surface area contributed by atoms with Gasteiger partial charge in [0.2, 0.25) is 23.0 Å². The maximum Gasteiger partial charge on any atom is 0.249 e. The Morgan fingerprint density at radius 3 is 2.35 bits per heavy atom. The number of nitrogens with zero attached hydrogens (tertiary/aromatic N) is 3. The molecule has 5 nitrogen and oxygen atoms in total. The van der Waals surface area contributed by atoms with E-state index in [1.807, 2.05) is 6.92 Å². The summed E-state index contributed by atoms with van der Waals surface area (Å²) >= 11 is 0. The number of ketones is 2. The SMILES string of the molecule is CCCCCC[n+]1nn(CC)c2c1C(=O)c1ccccc1C2=O. The molecule has 1 aromatic heterocycles. The first-order valence-corrected chi connectivity index (χ1v) is 8.38. The van der Waals surface area contributed by atoms with Crippen molar-refractivity contribution in [1.29, 1.82) is 0 Å². The molecule has 1 aliphatic carbocycles. The Morgan fingerprint density at radius 2 is 1.70 bits per heavy atom. The van der Waals surface area contributed by atoms with E-state index in [-0.39, 0.29) is 11.6 Å². The van der Waals surface area contributed by atoms with Crippen LogP contribution in [0.4, 0.5) is 0 Å². The van der Waals surface area contributed by atoms with Crippen molar-refractivity contribution in [2.75, 3.05) is 0 Å². The number of unbranched alkanes of at least 4 members (excludes halogenated alkanes) is 3. The first kappa shape index (κ1) is 15.6. The lowest BCUT2D eigenvalue weighted by Crippen LogP contribution is -2.43. The lowest BCUT2D eigenvalue weighted by Gasteiger charge is -2.11. The second-order valence-electron chi connectivity index (χ2n) is 5.89. The third-order valence-corrected chi connectivity index (χ3v) is 4.33. The molecule has 0 saturated heterocycles. The van der Waals surface area contributed by atoms with E-state index in [0.717, 1.165) is 19.3 Å². The first-order valence-electron chi connectivity index (χ1n) is 8.38. The van der Waals surface area contributed by atoms with Crippen LogP contribution in [0.25, 0.3) is 0 Å². The zero-order chi connectivity index (χ0) is 16.4. The highest BCUT2D eigenvalue weighted by Crippen LogP contribution is 2.25. The fourth-order valence-electron chi connectivity index (χ4n) is 3.11. The average molecular weight is 312 g/mol. The lowest BCUT2D eigenvalue weighted by atomic mass is 9.90. The van der Waals surface area contributed by atoms with E-state index >= 15 is 0 Å². The second-order valence-corrected chi connectivity index (χ2v) is 5.89. The van der Waals surface area contributed by atoms with Crippen LogP contribution in [0, 0.1) is 0 Å². The standard InChI is InChI=1S/C18H22N3O2/c1-3-5-6-9-12-21-16-15(20(4-2)19-21)17(22)13-10-7-8-11-14(13)18(16)23/h7-8,10-11H,3-6,9,12H2,1-2H3/q+1. The number of aromatic nitrogens is 3. The van der Waals surface area contributed by atoms with Crippen LogP contribution in [0.1, 0.15) is 71.6 Å². The van der Waals surface area contributed by atoms with E-state index < -0.39 is 0 Å². The maximum atomic E-state index is 12.9. The van der Waals surface area contributed by atoms with Crippen LogP contribution in [-0.2, 0) is 13.1 Å². The topological polar surface area (TPSA) is 55.8 Å². The molecule has 0 saturated carbocycles. The molecule has 0 radical (unpaired) electrons. The van der Waals surface area contributed by atoms with Gasteiger partial charge in [-0.05, 0) is 19.8 Å². The minimum atomic E-state index is -0.100. The van der Waals surface area contributed by atoms with Crippen molar-refractivity contribution in [2.24, 2.45) is 0 Å². The Labute approximate surface area is 135 Å². The van der Waals surface area contributed by atoms with Gasteiger partial charge in [0.15, 0.2) is 0 Å². The number of rotatable bonds is 6. The van der Waals surface area contributed by atoms with Crippen LogP contribution >= 0.6 is 0 Å². The third-order valence-electron chi connectivity index (χ3n) is 4.33. The Bertz CT molecular complexity index is 762. The number of benzene rings is 1. The summed E-state index contributed by atoms with van der Waals surface area (Å²) in [6, 6.07) is 7.03. The van der Waals surface area contributed by atoms with Gasteiger partial charge in [0.25, 0.3) is 0 Å². The predicted octanol–water partition coefficient (Wildman–Crippen LogP) is 2.55. The Kier molecular flexibility index (Phi) is 4.37. The smallest absolute Gasteiger partial charge is 0.249 e. The van der Waals surface area contributed by atoms with Crippen LogP contribution < -0.4 is 4.68 Å². The molecule has 1 aromatic carbocycles. The van der Waals surface area contributed by atoms with Gasteiger partial charge in [0.05, 0.1) is 5.21 Å². The molecule has 3 rings (SSSR count). The second kappa shape index (κ2) is 6.44. The molecule has 0 bridgehead atoms. The van der Waals surface area contributed by atoms with Gasteiger partial charge in [-0.3, -0.25) is 9.59 Å². The zero-order valence-electron chi connectivity index (χ0n) is 13.7. The van der Waals surface area contributed by atoms with Crippen LogP contribution in [0.5, 0.6) is 0 Å². The van der Waals surface area contributed by atoms with Crippen molar-refractivity contribution in [1.82, 2.24) is 9.90 Å². The van der Waals surface area contributed by atoms with E-state index in [2.05, 4.69) is 12.1 Å². The van der Waals surface area contributed by atoms with E-state index in [4.69, 9.17) is 0 Å². The molecule has 0 amide bonds. The molecule has 0 spiro atoms. The molecule has 0 unspecified atom stereocenters. The van der Waals surface area contributed by atoms with Gasteiger partial charge in [0.1, 0.15) is 13.1 Å². The molecule has 5 heteroatoms. The minimum absolute atomic E-state index is 0.0922. The number of hydrogen-bond donors (Lipinski definition) is 0. The molecule has 0 atom stereocenters. The van der Waals surface area contributed by atoms with Crippen LogP contribution in [0.2, 0.25) is 0 Å². The molecule has 0 fully saturated rings. The van der Waals surface area contributed by atoms with E-state index in [0.29, 0.717) is 35.6 Å². The van der Waals surface area contributed by atoms with Gasteiger partial charge in [-0.1, -0.05) is 44.0 Å². The lowest BCUT2D eigenvalue weighted by molar-refractivity contribution is -0.757. The van der Waals surface area contributed by atoms with Crippen molar-refractivity contribution in [3.63, 3.8) is 0 Å². The molecule has 2 aromatic rings. The molecule has 23 heavy (non-hydrogen) atoms. The van der Waals surface area contributed by atoms with Crippen molar-refractivity contribution in [2.45, 2.75) is 52.6 Å².